The van der Waals surface area contributed by atoms with Crippen LogP contribution in [0, 0.1) is 21.7 Å². The molecule has 764 valence electrons. The second-order valence-corrected chi connectivity index (χ2v) is 41.2. The molecule has 4 aliphatic rings. The Morgan fingerprint density at radius 1 is 0.230 bits per heavy atom. The summed E-state index contributed by atoms with van der Waals surface area (Å²) >= 11 is 0. The van der Waals surface area contributed by atoms with Gasteiger partial charge >= 0.3 is 0 Å². The minimum absolute atomic E-state index is 0.223. The zero-order valence-electron chi connectivity index (χ0n) is 86.2. The Labute approximate surface area is 867 Å². The first-order valence-corrected chi connectivity index (χ1v) is 53.9. The first-order chi connectivity index (χ1) is 73.1. The standard InChI is InChI=1S/2C63H69N5O6/c1-3-62(42-73-43-62)40-71-34-18-8-16-32-69-38-46-26-29-54-52(36-46)51-28-31-56-57(58(51)67(54)50-24-14-7-15-25-50)53-37-47(39-70-33-17-9-19-35-72-41-63(4-2)44-74-45-63)27-30-55(53)68(56)61-65-59(48-20-10-5-11-21-48)64-60(66-61)49-22-12-6-13-23-49;1-3-62(42-73-43-62)40-71-34-18-8-16-32-69-38-46-26-28-53-51(36-46)57-55(67(53)50-24-14-7-15-25-50)30-31-56-58(57)52-37-47(39-70-33-17-9-19-35-72-41-63(4-2)44-74-45-63)27-29-54(52)68(56)61-65-59(48-20-10-5-11-21-48)64-60(66-61)49-22-12-6-13-23-49/h2*5-7,10-15,20-31,36-37H,3-4,8-9,16-19,32-35,38-45H2,1-2H3. The Hall–Kier alpha value is -12.6. The van der Waals surface area contributed by atoms with Crippen molar-refractivity contribution >= 4 is 87.2 Å². The van der Waals surface area contributed by atoms with Gasteiger partial charge in [0.15, 0.2) is 23.3 Å². The Morgan fingerprint density at radius 3 is 0.784 bits per heavy atom. The van der Waals surface area contributed by atoms with E-state index in [1.54, 1.807) is 0 Å². The van der Waals surface area contributed by atoms with Crippen molar-refractivity contribution in [1.29, 1.82) is 0 Å². The van der Waals surface area contributed by atoms with Gasteiger partial charge in [0.1, 0.15) is 0 Å². The SMILES string of the molecule is CCC1(COCCCCCOCc2ccc3c(c2)c2c(ccc4c5cc(COCCCCCOCC6(CC)COC6)ccc5n(-c5ccccc5)c42)n3-c2nc(-c3ccccc3)nc(-c3ccccc3)n2)COC1.CCC1(COCCCCCOCc2ccc3c(c2)c2c4c5cc(COCCCCCOCC6(CC)COC6)ccc5n(-c5nc(-c6ccccc6)nc(-c6ccccc6)n5)c4ccc2n3-c2ccccc2)COC1. The Bertz CT molecular complexity index is 7330. The van der Waals surface area contributed by atoms with Crippen LogP contribution in [0.25, 0.3) is 156 Å². The third-order valence-corrected chi connectivity index (χ3v) is 30.7. The van der Waals surface area contributed by atoms with Crippen molar-refractivity contribution < 1.29 is 56.8 Å². The summed E-state index contributed by atoms with van der Waals surface area (Å²) in [5, 5.41) is 9.13. The number of aromatic nitrogens is 10. The van der Waals surface area contributed by atoms with Crippen LogP contribution in [0.5, 0.6) is 0 Å². The van der Waals surface area contributed by atoms with Gasteiger partial charge in [-0.25, -0.2) is 9.97 Å². The van der Waals surface area contributed by atoms with Gasteiger partial charge in [-0.3, -0.25) is 9.13 Å². The normalized spacial score (nSPS) is 15.1. The summed E-state index contributed by atoms with van der Waals surface area (Å²) in [4.78, 5) is 31.2. The van der Waals surface area contributed by atoms with Crippen LogP contribution in [0.4, 0.5) is 0 Å². The van der Waals surface area contributed by atoms with E-state index < -0.39 is 0 Å². The molecule has 0 aliphatic carbocycles. The molecule has 6 aromatic heterocycles. The van der Waals surface area contributed by atoms with Crippen molar-refractivity contribution in [2.24, 2.45) is 21.7 Å². The number of para-hydroxylation sites is 2. The van der Waals surface area contributed by atoms with Crippen LogP contribution < -0.4 is 0 Å². The number of fused-ring (bicyclic) bond motifs is 14. The van der Waals surface area contributed by atoms with E-state index >= 15 is 0 Å². The molecule has 12 aromatic carbocycles. The quantitative estimate of drug-likeness (QED) is 0.0325. The molecular formula is C126H138N10O12. The fraction of sp³-hybridized carbons (Fsp3) is 0.381. The van der Waals surface area contributed by atoms with Crippen LogP contribution in [-0.2, 0) is 83.3 Å². The molecule has 18 aromatic rings. The van der Waals surface area contributed by atoms with E-state index in [0.29, 0.717) is 88.0 Å². The lowest BCUT2D eigenvalue weighted by Gasteiger charge is -2.40. The third kappa shape index (κ3) is 22.6. The minimum Gasteiger partial charge on any atom is -0.381 e. The largest absolute Gasteiger partial charge is 0.381 e. The van der Waals surface area contributed by atoms with Crippen LogP contribution >= 0.6 is 0 Å². The van der Waals surface area contributed by atoms with Gasteiger partial charge < -0.3 is 66.0 Å². The molecule has 10 heterocycles. The molecule has 22 rings (SSSR count). The van der Waals surface area contributed by atoms with Crippen molar-refractivity contribution in [3.8, 4) is 68.8 Å². The van der Waals surface area contributed by atoms with Gasteiger partial charge in [0.05, 0.1) is 150 Å². The number of hydrogen-bond acceptors (Lipinski definition) is 18. The number of nitrogens with zero attached hydrogens (tertiary/aromatic N) is 10. The number of rotatable bonds is 52. The first-order valence-electron chi connectivity index (χ1n) is 53.9. The summed E-state index contributed by atoms with van der Waals surface area (Å²) in [6.07, 6.45) is 16.8. The van der Waals surface area contributed by atoms with Crippen LogP contribution in [0.2, 0.25) is 0 Å². The van der Waals surface area contributed by atoms with Gasteiger partial charge in [0.2, 0.25) is 11.9 Å². The number of unbranched alkanes of at least 4 members (excludes halogenated alkanes) is 8. The second kappa shape index (κ2) is 47.9. The Kier molecular flexibility index (Phi) is 32.8. The monoisotopic (exact) mass is 1980 g/mol. The topological polar surface area (TPSA) is 208 Å². The van der Waals surface area contributed by atoms with E-state index in [1.807, 2.05) is 72.8 Å². The molecule has 4 fully saturated rings. The second-order valence-electron chi connectivity index (χ2n) is 41.2. The molecule has 0 bridgehead atoms. The van der Waals surface area contributed by atoms with Crippen molar-refractivity contribution in [1.82, 2.24) is 48.2 Å². The van der Waals surface area contributed by atoms with Gasteiger partial charge in [-0.05, 0) is 216 Å². The molecule has 0 atom stereocenters. The van der Waals surface area contributed by atoms with Crippen LogP contribution in [0.1, 0.15) is 153 Å². The fourth-order valence-corrected chi connectivity index (χ4v) is 21.1. The molecule has 0 N–H and O–H groups in total. The van der Waals surface area contributed by atoms with E-state index in [-0.39, 0.29) is 21.7 Å². The minimum atomic E-state index is 0.223. The van der Waals surface area contributed by atoms with Crippen LogP contribution in [0.3, 0.4) is 0 Å². The van der Waals surface area contributed by atoms with E-state index in [0.717, 1.165) is 341 Å². The lowest BCUT2D eigenvalue weighted by atomic mass is 9.84. The average Bonchev–Trinajstić information content (AvgIpc) is 1.54. The predicted molar refractivity (Wildman–Crippen MR) is 590 cm³/mol. The smallest absolute Gasteiger partial charge is 0.238 e. The number of ether oxygens (including phenoxy) is 12. The molecule has 0 saturated carbocycles. The van der Waals surface area contributed by atoms with E-state index in [9.17, 15) is 0 Å². The van der Waals surface area contributed by atoms with Gasteiger partial charge in [0.25, 0.3) is 0 Å². The van der Waals surface area contributed by atoms with Crippen LogP contribution in [-0.4, -0.2) is 180 Å². The number of benzene rings is 12. The Balaban J connectivity index is 0.000000173. The first kappa shape index (κ1) is 101. The van der Waals surface area contributed by atoms with E-state index in [2.05, 4.69) is 252 Å². The predicted octanol–water partition coefficient (Wildman–Crippen LogP) is 27.3. The molecular weight excluding hydrogens is 1850 g/mol. The third-order valence-electron chi connectivity index (χ3n) is 30.7. The van der Waals surface area contributed by atoms with Crippen molar-refractivity contribution in [2.45, 2.75) is 157 Å². The maximum absolute atomic E-state index is 6.42. The zero-order valence-corrected chi connectivity index (χ0v) is 86.2. The zero-order chi connectivity index (χ0) is 100. The summed E-state index contributed by atoms with van der Waals surface area (Å²) in [5.41, 5.74) is 19.8. The van der Waals surface area contributed by atoms with Gasteiger partial charge in [0, 0.05) is 151 Å². The van der Waals surface area contributed by atoms with Crippen molar-refractivity contribution in [3.63, 3.8) is 0 Å². The molecule has 0 unspecified atom stereocenters. The number of hydrogen-bond donors (Lipinski definition) is 0. The highest BCUT2D eigenvalue weighted by molar-refractivity contribution is 6.29. The molecule has 0 radical (unpaired) electrons. The molecule has 0 spiro atoms. The highest BCUT2D eigenvalue weighted by atomic mass is 16.5. The lowest BCUT2D eigenvalue weighted by molar-refractivity contribution is -0.150. The summed E-state index contributed by atoms with van der Waals surface area (Å²) in [5.74, 6) is 3.57. The summed E-state index contributed by atoms with van der Waals surface area (Å²) in [6, 6.07) is 98.2. The van der Waals surface area contributed by atoms with E-state index in [4.69, 9.17) is 86.7 Å². The molecule has 22 nitrogen and oxygen atoms in total. The molecule has 4 aliphatic heterocycles. The highest BCUT2D eigenvalue weighted by Gasteiger charge is 2.41. The maximum Gasteiger partial charge on any atom is 0.238 e. The van der Waals surface area contributed by atoms with Gasteiger partial charge in [-0.15, -0.1) is 0 Å². The summed E-state index contributed by atoms with van der Waals surface area (Å²) in [6.45, 7) is 26.6. The van der Waals surface area contributed by atoms with Crippen molar-refractivity contribution in [2.75, 3.05) is 132 Å². The average molecular weight is 1980 g/mol. The molecule has 4 saturated heterocycles. The summed E-state index contributed by atoms with van der Waals surface area (Å²) < 4.78 is 81.0. The van der Waals surface area contributed by atoms with Crippen molar-refractivity contribution in [3.05, 3.63) is 301 Å². The lowest BCUT2D eigenvalue weighted by Crippen LogP contribution is -2.45. The Morgan fingerprint density at radius 2 is 0.480 bits per heavy atom. The summed E-state index contributed by atoms with van der Waals surface area (Å²) in [7, 11) is 0. The molecule has 148 heavy (non-hydrogen) atoms. The van der Waals surface area contributed by atoms with E-state index in [1.165, 1.54) is 10.8 Å². The van der Waals surface area contributed by atoms with Gasteiger partial charge in [-0.2, -0.15) is 19.9 Å². The fourth-order valence-electron chi connectivity index (χ4n) is 21.1. The van der Waals surface area contributed by atoms with Crippen LogP contribution in [0.15, 0.2) is 279 Å². The highest BCUT2D eigenvalue weighted by Crippen LogP contribution is 2.47. The molecule has 0 amide bonds. The van der Waals surface area contributed by atoms with Gasteiger partial charge in [-0.1, -0.05) is 216 Å². The molecule has 22 heteroatoms. The maximum atomic E-state index is 6.42.